The van der Waals surface area contributed by atoms with E-state index in [4.69, 9.17) is 0 Å². The third-order valence-electron chi connectivity index (χ3n) is 4.64. The van der Waals surface area contributed by atoms with Gasteiger partial charge in [-0.3, -0.25) is 0 Å². The Bertz CT molecular complexity index is 400. The van der Waals surface area contributed by atoms with Gasteiger partial charge in [0.2, 0.25) is 0 Å². The molecule has 0 aliphatic heterocycles. The predicted molar refractivity (Wildman–Crippen MR) is 85.7 cm³/mol. The molecular formula is C18H26N2. The molecule has 0 heterocycles. The van der Waals surface area contributed by atoms with Crippen molar-refractivity contribution in [2.75, 3.05) is 13.1 Å². The number of rotatable bonds is 6. The molecule has 3 aliphatic rings. The second-order valence-corrected chi connectivity index (χ2v) is 6.17. The average Bonchev–Trinajstić information content (AvgIpc) is 3.17. The number of hydrogen-bond donors (Lipinski definition) is 2. The van der Waals surface area contributed by atoms with E-state index in [0.29, 0.717) is 12.1 Å². The van der Waals surface area contributed by atoms with E-state index in [-0.39, 0.29) is 0 Å². The Kier molecular flexibility index (Phi) is 4.88. The zero-order valence-corrected chi connectivity index (χ0v) is 12.3. The topological polar surface area (TPSA) is 24.1 Å². The van der Waals surface area contributed by atoms with Crippen molar-refractivity contribution >= 4 is 0 Å². The van der Waals surface area contributed by atoms with E-state index in [2.05, 4.69) is 47.1 Å². The van der Waals surface area contributed by atoms with Gasteiger partial charge < -0.3 is 10.6 Å². The molecular weight excluding hydrogens is 244 g/mol. The fourth-order valence-corrected chi connectivity index (χ4v) is 3.39. The van der Waals surface area contributed by atoms with E-state index in [1.807, 2.05) is 0 Å². The maximum Gasteiger partial charge on any atom is 0.0224 e. The maximum atomic E-state index is 3.78. The molecule has 0 amide bonds. The summed E-state index contributed by atoms with van der Waals surface area (Å²) in [4.78, 5) is 0. The Morgan fingerprint density at radius 3 is 1.70 bits per heavy atom. The van der Waals surface area contributed by atoms with Crippen LogP contribution in [0.25, 0.3) is 0 Å². The summed E-state index contributed by atoms with van der Waals surface area (Å²) in [6.07, 6.45) is 21.0. The van der Waals surface area contributed by atoms with E-state index in [9.17, 15) is 0 Å². The van der Waals surface area contributed by atoms with Gasteiger partial charge in [-0.2, -0.15) is 0 Å². The third kappa shape index (κ3) is 3.71. The molecule has 1 saturated carbocycles. The van der Waals surface area contributed by atoms with Crippen LogP contribution in [0.1, 0.15) is 38.5 Å². The number of hydrogen-bond acceptors (Lipinski definition) is 2. The molecule has 0 spiro atoms. The van der Waals surface area contributed by atoms with Crippen LogP contribution >= 0.6 is 0 Å². The first kappa shape index (κ1) is 13.8. The van der Waals surface area contributed by atoms with Gasteiger partial charge in [0.1, 0.15) is 0 Å². The summed E-state index contributed by atoms with van der Waals surface area (Å²) in [6.45, 7) is 2.11. The second-order valence-electron chi connectivity index (χ2n) is 6.17. The van der Waals surface area contributed by atoms with E-state index in [1.54, 1.807) is 0 Å². The van der Waals surface area contributed by atoms with Crippen LogP contribution in [0.5, 0.6) is 0 Å². The van der Waals surface area contributed by atoms with Crippen LogP contribution in [0.15, 0.2) is 47.6 Å². The highest BCUT2D eigenvalue weighted by atomic mass is 15.0. The van der Waals surface area contributed by atoms with Crippen molar-refractivity contribution in [3.05, 3.63) is 47.6 Å². The smallest absolute Gasteiger partial charge is 0.0224 e. The van der Waals surface area contributed by atoms with Crippen LogP contribution < -0.4 is 10.6 Å². The molecule has 2 heteroatoms. The summed E-state index contributed by atoms with van der Waals surface area (Å²) in [5.41, 5.74) is 3.05. The lowest BCUT2D eigenvalue weighted by molar-refractivity contribution is 0.294. The first-order valence-electron chi connectivity index (χ1n) is 8.08. The van der Waals surface area contributed by atoms with Gasteiger partial charge in [0, 0.05) is 25.2 Å². The van der Waals surface area contributed by atoms with Crippen LogP contribution in [-0.2, 0) is 0 Å². The SMILES string of the molecule is C1=CCC(CNC2CCCCC2NCC2=CC=CC2)=C1. The standard InChI is InChI=1S/C18H26N2/c1-2-8-15(7-1)13-19-17-11-5-6-12-18(17)20-14-16-9-3-4-10-16/h1-4,7,9,17-20H,5-6,8,10-14H2. The minimum atomic E-state index is 0.639. The molecule has 0 radical (unpaired) electrons. The fourth-order valence-electron chi connectivity index (χ4n) is 3.39. The largest absolute Gasteiger partial charge is 0.309 e. The maximum absolute atomic E-state index is 3.78. The van der Waals surface area contributed by atoms with E-state index in [1.165, 1.54) is 36.8 Å². The molecule has 2 N–H and O–H groups in total. The monoisotopic (exact) mass is 270 g/mol. The first-order valence-corrected chi connectivity index (χ1v) is 8.08. The van der Waals surface area contributed by atoms with E-state index in [0.717, 1.165) is 25.9 Å². The van der Waals surface area contributed by atoms with Gasteiger partial charge in [-0.1, -0.05) is 60.4 Å². The first-order chi connectivity index (χ1) is 9.92. The zero-order valence-electron chi connectivity index (χ0n) is 12.3. The predicted octanol–water partition coefficient (Wildman–Crippen LogP) is 3.25. The van der Waals surface area contributed by atoms with Crippen molar-refractivity contribution in [3.63, 3.8) is 0 Å². The van der Waals surface area contributed by atoms with Crippen molar-refractivity contribution in [3.8, 4) is 0 Å². The molecule has 108 valence electrons. The Morgan fingerprint density at radius 1 is 0.800 bits per heavy atom. The van der Waals surface area contributed by atoms with E-state index >= 15 is 0 Å². The summed E-state index contributed by atoms with van der Waals surface area (Å²) in [7, 11) is 0. The molecule has 20 heavy (non-hydrogen) atoms. The summed E-state index contributed by atoms with van der Waals surface area (Å²) in [5, 5.41) is 7.57. The van der Waals surface area contributed by atoms with Gasteiger partial charge in [0.05, 0.1) is 0 Å². The molecule has 1 fully saturated rings. The highest BCUT2D eigenvalue weighted by Crippen LogP contribution is 2.20. The minimum Gasteiger partial charge on any atom is -0.309 e. The van der Waals surface area contributed by atoms with Crippen molar-refractivity contribution in [1.82, 2.24) is 10.6 Å². The summed E-state index contributed by atoms with van der Waals surface area (Å²) >= 11 is 0. The molecule has 2 nitrogen and oxygen atoms in total. The van der Waals surface area contributed by atoms with Gasteiger partial charge in [0.25, 0.3) is 0 Å². The quantitative estimate of drug-likeness (QED) is 0.774. The zero-order chi connectivity index (χ0) is 13.6. The second kappa shape index (κ2) is 7.05. The van der Waals surface area contributed by atoms with E-state index < -0.39 is 0 Å². The van der Waals surface area contributed by atoms with Crippen LogP contribution in [0.3, 0.4) is 0 Å². The molecule has 3 aliphatic carbocycles. The molecule has 0 saturated heterocycles. The van der Waals surface area contributed by atoms with Crippen molar-refractivity contribution in [2.24, 2.45) is 0 Å². The van der Waals surface area contributed by atoms with Gasteiger partial charge in [-0.05, 0) is 25.7 Å². The van der Waals surface area contributed by atoms with Crippen LogP contribution in [0.2, 0.25) is 0 Å². The number of nitrogens with one attached hydrogen (secondary N) is 2. The Hall–Kier alpha value is -1.12. The summed E-state index contributed by atoms with van der Waals surface area (Å²) in [6, 6.07) is 1.28. The third-order valence-corrected chi connectivity index (χ3v) is 4.64. The Labute approximate surface area is 122 Å². The van der Waals surface area contributed by atoms with Crippen LogP contribution in [-0.4, -0.2) is 25.2 Å². The minimum absolute atomic E-state index is 0.639. The van der Waals surface area contributed by atoms with Crippen molar-refractivity contribution < 1.29 is 0 Å². The molecule has 3 rings (SSSR count). The Morgan fingerprint density at radius 2 is 1.30 bits per heavy atom. The van der Waals surface area contributed by atoms with Gasteiger partial charge in [0.15, 0.2) is 0 Å². The molecule has 2 unspecified atom stereocenters. The summed E-state index contributed by atoms with van der Waals surface area (Å²) in [5.74, 6) is 0. The van der Waals surface area contributed by atoms with Gasteiger partial charge >= 0.3 is 0 Å². The normalized spacial score (nSPS) is 28.8. The molecule has 0 aromatic rings. The highest BCUT2D eigenvalue weighted by Gasteiger charge is 2.24. The lowest BCUT2D eigenvalue weighted by atomic mass is 9.90. The van der Waals surface area contributed by atoms with Crippen molar-refractivity contribution in [1.29, 1.82) is 0 Å². The van der Waals surface area contributed by atoms with Gasteiger partial charge in [-0.25, -0.2) is 0 Å². The fraction of sp³-hybridized carbons (Fsp3) is 0.556. The molecule has 0 bridgehead atoms. The number of allylic oxidation sites excluding steroid dienone is 6. The highest BCUT2D eigenvalue weighted by molar-refractivity contribution is 5.25. The average molecular weight is 270 g/mol. The van der Waals surface area contributed by atoms with Gasteiger partial charge in [-0.15, -0.1) is 0 Å². The lowest BCUT2D eigenvalue weighted by Crippen LogP contribution is -2.50. The van der Waals surface area contributed by atoms with Crippen LogP contribution in [0.4, 0.5) is 0 Å². The molecule has 0 aromatic carbocycles. The van der Waals surface area contributed by atoms with Crippen molar-refractivity contribution in [2.45, 2.75) is 50.6 Å². The Balaban J connectivity index is 1.45. The summed E-state index contributed by atoms with van der Waals surface area (Å²) < 4.78 is 0. The lowest BCUT2D eigenvalue weighted by Gasteiger charge is -2.33. The van der Waals surface area contributed by atoms with Crippen LogP contribution in [0, 0.1) is 0 Å². The molecule has 2 atom stereocenters. The molecule has 0 aromatic heterocycles.